The molecule has 6 heteroatoms. The van der Waals surface area contributed by atoms with Crippen molar-refractivity contribution in [3.63, 3.8) is 0 Å². The average molecular weight is 1070 g/mol. The second-order valence-corrected chi connectivity index (χ2v) is 21.6. The predicted molar refractivity (Wildman–Crippen MR) is 334 cm³/mol. The first-order valence-electron chi connectivity index (χ1n) is 32.7. The highest BCUT2D eigenvalue weighted by Crippen LogP contribution is 2.17. The lowest BCUT2D eigenvalue weighted by Crippen LogP contribution is -2.30. The van der Waals surface area contributed by atoms with E-state index in [0.717, 1.165) is 109 Å². The normalized spacial score (nSPS) is 12.7. The Morgan fingerprint density at radius 2 is 0.506 bits per heavy atom. The Kier molecular flexibility index (Phi) is 61.8. The maximum atomic E-state index is 12.9. The zero-order valence-electron chi connectivity index (χ0n) is 50.7. The number of ether oxygens (including phenoxy) is 3. The second kappa shape index (κ2) is 64.9. The van der Waals surface area contributed by atoms with E-state index >= 15 is 0 Å². The van der Waals surface area contributed by atoms with Crippen LogP contribution in [0.15, 0.2) is 97.2 Å². The van der Waals surface area contributed by atoms with E-state index in [2.05, 4.69) is 118 Å². The molecule has 442 valence electrons. The van der Waals surface area contributed by atoms with Crippen molar-refractivity contribution in [3.8, 4) is 0 Å². The van der Waals surface area contributed by atoms with Gasteiger partial charge in [0.05, 0.1) is 0 Å². The van der Waals surface area contributed by atoms with E-state index in [1.54, 1.807) is 0 Å². The molecule has 0 radical (unpaired) electrons. The SMILES string of the molecule is CC/C=C\C/C=C\C/C=C\C/C=C\CCCCCCCCCCCCCCC(=O)OCC(COC(=O)CCCCCCCCCCC)OC(=O)CCCCCCCCCCCCCC/C=C\C/C=C\C/C=C\C/C=C\CC. The number of esters is 3. The minimum absolute atomic E-state index is 0.0754. The number of hydrogen-bond acceptors (Lipinski definition) is 6. The van der Waals surface area contributed by atoms with Crippen molar-refractivity contribution in [1.29, 1.82) is 0 Å². The minimum Gasteiger partial charge on any atom is -0.462 e. The molecule has 0 fully saturated rings. The molecule has 0 aliphatic rings. The van der Waals surface area contributed by atoms with Crippen molar-refractivity contribution in [3.05, 3.63) is 97.2 Å². The molecule has 0 saturated heterocycles. The van der Waals surface area contributed by atoms with Crippen LogP contribution in [0.25, 0.3) is 0 Å². The van der Waals surface area contributed by atoms with Gasteiger partial charge >= 0.3 is 17.9 Å². The van der Waals surface area contributed by atoms with Crippen molar-refractivity contribution in [2.24, 2.45) is 0 Å². The first kappa shape index (κ1) is 73.3. The topological polar surface area (TPSA) is 78.9 Å². The monoisotopic (exact) mass is 1070 g/mol. The average Bonchev–Trinajstić information content (AvgIpc) is 3.43. The molecule has 1 atom stereocenters. The lowest BCUT2D eigenvalue weighted by atomic mass is 10.0. The lowest BCUT2D eigenvalue weighted by Gasteiger charge is -2.18. The molecule has 0 saturated carbocycles. The number of carbonyl (C=O) groups excluding carboxylic acids is 3. The van der Waals surface area contributed by atoms with Crippen LogP contribution in [0, 0.1) is 0 Å². The van der Waals surface area contributed by atoms with Gasteiger partial charge in [-0.1, -0.05) is 298 Å². The van der Waals surface area contributed by atoms with Gasteiger partial charge < -0.3 is 14.2 Å². The van der Waals surface area contributed by atoms with E-state index in [1.807, 2.05) is 0 Å². The summed E-state index contributed by atoms with van der Waals surface area (Å²) < 4.78 is 16.9. The summed E-state index contributed by atoms with van der Waals surface area (Å²) in [5.74, 6) is -0.870. The molecule has 0 aromatic carbocycles. The number of allylic oxidation sites excluding steroid dienone is 16. The summed E-state index contributed by atoms with van der Waals surface area (Å²) in [6.07, 6.45) is 87.1. The molecular weight excluding hydrogens is 949 g/mol. The van der Waals surface area contributed by atoms with E-state index < -0.39 is 6.10 Å². The smallest absolute Gasteiger partial charge is 0.306 e. The van der Waals surface area contributed by atoms with Gasteiger partial charge in [-0.3, -0.25) is 14.4 Å². The third kappa shape index (κ3) is 63.0. The molecule has 0 spiro atoms. The maximum Gasteiger partial charge on any atom is 0.306 e. The predicted octanol–water partition coefficient (Wildman–Crippen LogP) is 22.4. The fourth-order valence-electron chi connectivity index (χ4n) is 9.25. The minimum atomic E-state index is -0.778. The van der Waals surface area contributed by atoms with E-state index in [-0.39, 0.29) is 31.1 Å². The van der Waals surface area contributed by atoms with E-state index in [1.165, 1.54) is 167 Å². The fourth-order valence-corrected chi connectivity index (χ4v) is 9.25. The van der Waals surface area contributed by atoms with Crippen LogP contribution in [0.4, 0.5) is 0 Å². The summed E-state index contributed by atoms with van der Waals surface area (Å²) in [5.41, 5.74) is 0. The molecule has 77 heavy (non-hydrogen) atoms. The maximum absolute atomic E-state index is 12.9. The largest absolute Gasteiger partial charge is 0.462 e. The van der Waals surface area contributed by atoms with Crippen LogP contribution in [0.3, 0.4) is 0 Å². The van der Waals surface area contributed by atoms with E-state index in [9.17, 15) is 14.4 Å². The molecule has 0 bridgehead atoms. The number of carbonyl (C=O) groups is 3. The van der Waals surface area contributed by atoms with Crippen LogP contribution < -0.4 is 0 Å². The third-order valence-corrected chi connectivity index (χ3v) is 14.1. The number of hydrogen-bond donors (Lipinski definition) is 0. The quantitative estimate of drug-likeness (QED) is 0.0261. The summed E-state index contributed by atoms with van der Waals surface area (Å²) in [5, 5.41) is 0. The fraction of sp³-hybridized carbons (Fsp3) is 0.732. The van der Waals surface area contributed by atoms with Crippen molar-refractivity contribution in [2.45, 2.75) is 322 Å². The molecule has 0 aromatic heterocycles. The molecule has 0 N–H and O–H groups in total. The molecule has 6 nitrogen and oxygen atoms in total. The van der Waals surface area contributed by atoms with Crippen molar-refractivity contribution >= 4 is 17.9 Å². The van der Waals surface area contributed by atoms with Gasteiger partial charge in [-0.25, -0.2) is 0 Å². The number of rotatable bonds is 59. The lowest BCUT2D eigenvalue weighted by molar-refractivity contribution is -0.167. The Balaban J connectivity index is 4.20. The molecule has 0 aliphatic carbocycles. The van der Waals surface area contributed by atoms with Crippen LogP contribution in [0.5, 0.6) is 0 Å². The van der Waals surface area contributed by atoms with Crippen molar-refractivity contribution in [2.75, 3.05) is 13.2 Å². The summed E-state index contributed by atoms with van der Waals surface area (Å²) in [6.45, 7) is 6.42. The van der Waals surface area contributed by atoms with Crippen LogP contribution >= 0.6 is 0 Å². The van der Waals surface area contributed by atoms with Gasteiger partial charge in [0.2, 0.25) is 0 Å². The van der Waals surface area contributed by atoms with Crippen molar-refractivity contribution in [1.82, 2.24) is 0 Å². The van der Waals surface area contributed by atoms with Crippen LogP contribution in [-0.4, -0.2) is 37.2 Å². The third-order valence-electron chi connectivity index (χ3n) is 14.1. The molecule has 0 rings (SSSR count). The standard InChI is InChI=1S/C71H122O6/c1-4-7-10-13-16-19-21-23-25-27-29-31-33-35-37-39-41-43-45-47-49-52-55-58-61-64-70(73)76-67-68(66-75-69(72)63-60-57-54-51-18-15-12-9-6-3)77-71(74)65-62-59-56-53-50-48-46-44-42-40-38-36-34-32-30-28-26-24-22-20-17-14-11-8-5-2/h7-8,10-11,16-17,19-20,23-26,29-32,68H,4-6,9,12-15,18,21-22,27-28,33-67H2,1-3H3/b10-7-,11-8-,19-16-,20-17-,25-23-,26-24-,31-29-,32-30-. The van der Waals surface area contributed by atoms with Crippen LogP contribution in [0.1, 0.15) is 316 Å². The Bertz CT molecular complexity index is 1510. The van der Waals surface area contributed by atoms with Gasteiger partial charge in [-0.05, 0) is 96.3 Å². The van der Waals surface area contributed by atoms with Gasteiger partial charge in [-0.2, -0.15) is 0 Å². The molecule has 0 amide bonds. The van der Waals surface area contributed by atoms with Crippen LogP contribution in [0.2, 0.25) is 0 Å². The van der Waals surface area contributed by atoms with Crippen LogP contribution in [-0.2, 0) is 28.6 Å². The Hall–Kier alpha value is -3.67. The summed E-state index contributed by atoms with van der Waals surface area (Å²) in [4.78, 5) is 38.2. The molecule has 0 aliphatic heterocycles. The first-order chi connectivity index (χ1) is 38.0. The summed E-state index contributed by atoms with van der Waals surface area (Å²) >= 11 is 0. The van der Waals surface area contributed by atoms with E-state index in [4.69, 9.17) is 14.2 Å². The molecule has 0 aromatic rings. The Labute approximate surface area is 477 Å². The van der Waals surface area contributed by atoms with E-state index in [0.29, 0.717) is 19.3 Å². The highest BCUT2D eigenvalue weighted by Gasteiger charge is 2.19. The second-order valence-electron chi connectivity index (χ2n) is 21.6. The molecular formula is C71H122O6. The highest BCUT2D eigenvalue weighted by atomic mass is 16.6. The zero-order valence-corrected chi connectivity index (χ0v) is 50.7. The molecule has 0 heterocycles. The Morgan fingerprint density at radius 3 is 0.792 bits per heavy atom. The molecule has 1 unspecified atom stereocenters. The summed E-state index contributed by atoms with van der Waals surface area (Å²) in [7, 11) is 0. The van der Waals surface area contributed by atoms with Gasteiger partial charge in [0, 0.05) is 19.3 Å². The van der Waals surface area contributed by atoms with Gasteiger partial charge in [-0.15, -0.1) is 0 Å². The number of unbranched alkanes of at least 4 members (excludes halogenated alkanes) is 32. The zero-order chi connectivity index (χ0) is 55.7. The van der Waals surface area contributed by atoms with Gasteiger partial charge in [0.15, 0.2) is 6.10 Å². The first-order valence-corrected chi connectivity index (χ1v) is 32.7. The highest BCUT2D eigenvalue weighted by molar-refractivity contribution is 5.71. The summed E-state index contributed by atoms with van der Waals surface area (Å²) in [6, 6.07) is 0. The van der Waals surface area contributed by atoms with Gasteiger partial charge in [0.1, 0.15) is 13.2 Å². The van der Waals surface area contributed by atoms with Crippen molar-refractivity contribution < 1.29 is 28.6 Å². The Morgan fingerprint density at radius 1 is 0.273 bits per heavy atom. The van der Waals surface area contributed by atoms with Gasteiger partial charge in [0.25, 0.3) is 0 Å².